The third-order valence-corrected chi connectivity index (χ3v) is 5.78. The van der Waals surface area contributed by atoms with E-state index < -0.39 is 10.3 Å². The molecule has 0 aliphatic carbocycles. The van der Waals surface area contributed by atoms with Crippen LogP contribution in [0.15, 0.2) is 70.9 Å². The average molecular weight is 448 g/mol. The van der Waals surface area contributed by atoms with Crippen LogP contribution < -0.4 is 4.74 Å². The topological polar surface area (TPSA) is 97.3 Å². The lowest BCUT2D eigenvalue weighted by molar-refractivity contribution is -0.384. The summed E-state index contributed by atoms with van der Waals surface area (Å²) in [6.07, 6.45) is 0. The fourth-order valence-electron chi connectivity index (χ4n) is 3.58. The van der Waals surface area contributed by atoms with Gasteiger partial charge in [0.05, 0.1) is 12.0 Å². The maximum atomic E-state index is 11.3. The first-order valence-electron chi connectivity index (χ1n) is 10.6. The molecule has 0 saturated carbocycles. The van der Waals surface area contributed by atoms with Gasteiger partial charge in [0.25, 0.3) is 5.69 Å². The van der Waals surface area contributed by atoms with Crippen LogP contribution in [0.2, 0.25) is 0 Å². The minimum absolute atomic E-state index is 0.00819. The maximum Gasteiger partial charge on any atom is 0.296 e. The summed E-state index contributed by atoms with van der Waals surface area (Å²) >= 11 is 0. The molecule has 7 heteroatoms. The molecule has 33 heavy (non-hydrogen) atoms. The standard InChI is InChI=1S/C26H29N3O4/c1-25(2,3)18-15-20(26(4,5)17-11-13-19(33-6)14-12-17)24(30)22(16-18)28-27-21-9-7-8-10-23(21)29(31)32/h7-16,30H,1-6H3/b28-27+. The second-order valence-electron chi connectivity index (χ2n) is 9.44. The summed E-state index contributed by atoms with van der Waals surface area (Å²) in [5, 5.41) is 30.9. The van der Waals surface area contributed by atoms with Crippen molar-refractivity contribution in [3.8, 4) is 11.5 Å². The van der Waals surface area contributed by atoms with E-state index in [4.69, 9.17) is 4.74 Å². The lowest BCUT2D eigenvalue weighted by Crippen LogP contribution is -2.21. The van der Waals surface area contributed by atoms with Crippen molar-refractivity contribution in [2.75, 3.05) is 7.11 Å². The Labute approximate surface area is 193 Å². The fraction of sp³-hybridized carbons (Fsp3) is 0.308. The monoisotopic (exact) mass is 447 g/mol. The highest BCUT2D eigenvalue weighted by Crippen LogP contribution is 2.45. The number of phenols is 1. The third-order valence-electron chi connectivity index (χ3n) is 5.78. The molecule has 0 radical (unpaired) electrons. The van der Waals surface area contributed by atoms with E-state index in [0.29, 0.717) is 5.56 Å². The Hall–Kier alpha value is -3.74. The maximum absolute atomic E-state index is 11.3. The van der Waals surface area contributed by atoms with E-state index >= 15 is 0 Å². The fourth-order valence-corrected chi connectivity index (χ4v) is 3.58. The lowest BCUT2D eigenvalue weighted by atomic mass is 9.75. The average Bonchev–Trinajstić information content (AvgIpc) is 2.77. The first-order chi connectivity index (χ1) is 15.4. The van der Waals surface area contributed by atoms with E-state index in [-0.39, 0.29) is 28.2 Å². The molecule has 3 aromatic rings. The molecular weight excluding hydrogens is 418 g/mol. The van der Waals surface area contributed by atoms with Gasteiger partial charge in [0.15, 0.2) is 5.69 Å². The first-order valence-corrected chi connectivity index (χ1v) is 10.6. The summed E-state index contributed by atoms with van der Waals surface area (Å²) in [6.45, 7) is 10.3. The Morgan fingerprint density at radius 3 is 2.06 bits per heavy atom. The number of aromatic hydroxyl groups is 1. The molecule has 0 bridgehead atoms. The molecule has 172 valence electrons. The van der Waals surface area contributed by atoms with Gasteiger partial charge in [-0.1, -0.05) is 65.0 Å². The number of azo groups is 1. The van der Waals surface area contributed by atoms with Gasteiger partial charge < -0.3 is 9.84 Å². The largest absolute Gasteiger partial charge is 0.505 e. The first kappa shape index (κ1) is 23.9. The van der Waals surface area contributed by atoms with E-state index in [2.05, 4.69) is 31.0 Å². The van der Waals surface area contributed by atoms with Crippen molar-refractivity contribution in [2.45, 2.75) is 45.4 Å². The van der Waals surface area contributed by atoms with Crippen LogP contribution in [0.5, 0.6) is 11.5 Å². The van der Waals surface area contributed by atoms with Gasteiger partial charge in [-0.15, -0.1) is 10.2 Å². The van der Waals surface area contributed by atoms with Gasteiger partial charge in [-0.3, -0.25) is 10.1 Å². The Morgan fingerprint density at radius 2 is 1.48 bits per heavy atom. The predicted octanol–water partition coefficient (Wildman–Crippen LogP) is 7.35. The number of nitro benzene ring substituents is 1. The lowest BCUT2D eigenvalue weighted by Gasteiger charge is -2.30. The van der Waals surface area contributed by atoms with Gasteiger partial charge in [-0.2, -0.15) is 0 Å². The number of nitro groups is 1. The molecule has 0 fully saturated rings. The molecule has 0 aromatic heterocycles. The second-order valence-corrected chi connectivity index (χ2v) is 9.44. The highest BCUT2D eigenvalue weighted by molar-refractivity contribution is 5.63. The Balaban J connectivity index is 2.16. The normalized spacial score (nSPS) is 12.2. The van der Waals surface area contributed by atoms with Crippen LogP contribution in [0.3, 0.4) is 0 Å². The molecule has 0 atom stereocenters. The summed E-state index contributed by atoms with van der Waals surface area (Å²) in [6, 6.07) is 17.6. The van der Waals surface area contributed by atoms with Gasteiger partial charge in [-0.25, -0.2) is 0 Å². The van der Waals surface area contributed by atoms with Crippen molar-refractivity contribution >= 4 is 17.1 Å². The molecule has 0 aliphatic heterocycles. The molecule has 3 rings (SSSR count). The summed E-state index contributed by atoms with van der Waals surface area (Å²) < 4.78 is 5.27. The number of rotatable bonds is 6. The third kappa shape index (κ3) is 5.03. The molecule has 0 heterocycles. The highest BCUT2D eigenvalue weighted by Gasteiger charge is 2.30. The van der Waals surface area contributed by atoms with Gasteiger partial charge in [0.1, 0.15) is 17.2 Å². The Bertz CT molecular complexity index is 1190. The second kappa shape index (κ2) is 9.02. The minimum Gasteiger partial charge on any atom is -0.505 e. The van der Waals surface area contributed by atoms with Crippen LogP contribution in [0.25, 0.3) is 0 Å². The number of nitrogens with zero attached hydrogens (tertiary/aromatic N) is 3. The molecule has 0 unspecified atom stereocenters. The number of phenolic OH excluding ortho intramolecular Hbond substituents is 1. The number of ether oxygens (including phenoxy) is 1. The van der Waals surface area contributed by atoms with Crippen molar-refractivity contribution in [3.63, 3.8) is 0 Å². The Morgan fingerprint density at radius 1 is 0.879 bits per heavy atom. The molecule has 1 N–H and O–H groups in total. The van der Waals surface area contributed by atoms with Crippen molar-refractivity contribution in [1.82, 2.24) is 0 Å². The van der Waals surface area contributed by atoms with Gasteiger partial charge in [0, 0.05) is 17.0 Å². The molecule has 0 amide bonds. The summed E-state index contributed by atoms with van der Waals surface area (Å²) in [5.41, 5.74) is 2.11. The van der Waals surface area contributed by atoms with Gasteiger partial charge in [-0.05, 0) is 40.8 Å². The molecular formula is C26H29N3O4. The predicted molar refractivity (Wildman–Crippen MR) is 129 cm³/mol. The number of hydrogen-bond donors (Lipinski definition) is 1. The number of para-hydroxylation sites is 1. The number of hydrogen-bond acceptors (Lipinski definition) is 6. The van der Waals surface area contributed by atoms with Crippen LogP contribution in [0, 0.1) is 10.1 Å². The Kier molecular flexibility index (Phi) is 6.53. The van der Waals surface area contributed by atoms with E-state index in [0.717, 1.165) is 16.9 Å². The summed E-state index contributed by atoms with van der Waals surface area (Å²) in [7, 11) is 1.62. The number of methoxy groups -OCH3 is 1. The van der Waals surface area contributed by atoms with E-state index in [1.807, 2.05) is 44.2 Å². The van der Waals surface area contributed by atoms with E-state index in [1.54, 1.807) is 25.3 Å². The molecule has 0 spiro atoms. The van der Waals surface area contributed by atoms with Crippen LogP contribution in [-0.4, -0.2) is 17.1 Å². The SMILES string of the molecule is COc1ccc(C(C)(C)c2cc(C(C)(C)C)cc(/N=N/c3ccccc3[N+](=O)[O-])c2O)cc1. The van der Waals surface area contributed by atoms with Gasteiger partial charge >= 0.3 is 0 Å². The van der Waals surface area contributed by atoms with Crippen LogP contribution in [0.1, 0.15) is 51.3 Å². The summed E-state index contributed by atoms with van der Waals surface area (Å²) in [4.78, 5) is 10.8. The molecule has 3 aromatic carbocycles. The smallest absolute Gasteiger partial charge is 0.296 e. The van der Waals surface area contributed by atoms with Crippen LogP contribution in [0.4, 0.5) is 17.1 Å². The van der Waals surface area contributed by atoms with Crippen molar-refractivity contribution in [2.24, 2.45) is 10.2 Å². The number of benzene rings is 3. The van der Waals surface area contributed by atoms with Crippen LogP contribution in [-0.2, 0) is 10.8 Å². The van der Waals surface area contributed by atoms with Crippen LogP contribution >= 0.6 is 0 Å². The summed E-state index contributed by atoms with van der Waals surface area (Å²) in [5.74, 6) is 0.743. The van der Waals surface area contributed by atoms with Crippen molar-refractivity contribution in [3.05, 3.63) is 87.5 Å². The molecule has 0 aliphatic rings. The highest BCUT2D eigenvalue weighted by atomic mass is 16.6. The zero-order chi connectivity index (χ0) is 24.4. The molecule has 0 saturated heterocycles. The van der Waals surface area contributed by atoms with E-state index in [1.165, 1.54) is 12.1 Å². The zero-order valence-electron chi connectivity index (χ0n) is 19.8. The molecule has 7 nitrogen and oxygen atoms in total. The van der Waals surface area contributed by atoms with Gasteiger partial charge in [0.2, 0.25) is 0 Å². The van der Waals surface area contributed by atoms with Crippen molar-refractivity contribution < 1.29 is 14.8 Å². The quantitative estimate of drug-likeness (QED) is 0.243. The minimum atomic E-state index is -0.555. The van der Waals surface area contributed by atoms with E-state index in [9.17, 15) is 15.2 Å². The zero-order valence-corrected chi connectivity index (χ0v) is 19.8. The van der Waals surface area contributed by atoms with Crippen molar-refractivity contribution in [1.29, 1.82) is 0 Å².